The third-order valence-electron chi connectivity index (χ3n) is 4.89. The zero-order chi connectivity index (χ0) is 17.2. The van der Waals surface area contributed by atoms with E-state index in [0.29, 0.717) is 23.7 Å². The predicted molar refractivity (Wildman–Crippen MR) is 94.1 cm³/mol. The summed E-state index contributed by atoms with van der Waals surface area (Å²) in [5.41, 5.74) is 2.15. The second-order valence-electron chi connectivity index (χ2n) is 6.62. The van der Waals surface area contributed by atoms with Crippen LogP contribution >= 0.6 is 0 Å². The number of benzene rings is 1. The lowest BCUT2D eigenvalue weighted by Gasteiger charge is -2.27. The summed E-state index contributed by atoms with van der Waals surface area (Å²) < 4.78 is 5.35. The van der Waals surface area contributed by atoms with Crippen LogP contribution in [0.1, 0.15) is 36.0 Å². The van der Waals surface area contributed by atoms with Crippen molar-refractivity contribution in [3.8, 4) is 11.6 Å². The number of hydrogen-bond acceptors (Lipinski definition) is 4. The number of furan rings is 1. The van der Waals surface area contributed by atoms with Gasteiger partial charge in [-0.2, -0.15) is 0 Å². The van der Waals surface area contributed by atoms with E-state index in [1.165, 1.54) is 0 Å². The van der Waals surface area contributed by atoms with Crippen LogP contribution in [0.2, 0.25) is 0 Å². The van der Waals surface area contributed by atoms with Crippen LogP contribution in [-0.2, 0) is 0 Å². The Kier molecular flexibility index (Phi) is 4.28. The molecule has 1 aliphatic carbocycles. The molecule has 6 nitrogen and oxygen atoms in total. The number of fused-ring (bicyclic) bond motifs is 1. The highest BCUT2D eigenvalue weighted by Gasteiger charge is 2.23. The van der Waals surface area contributed by atoms with E-state index in [1.54, 1.807) is 24.5 Å². The van der Waals surface area contributed by atoms with Gasteiger partial charge in [0.05, 0.1) is 23.4 Å². The Labute approximate surface area is 145 Å². The fraction of sp³-hybridized carbons (Fsp3) is 0.368. The number of carbonyl (C=O) groups is 1. The lowest BCUT2D eigenvalue weighted by molar-refractivity contribution is 0.0663. The second-order valence-corrected chi connectivity index (χ2v) is 6.62. The summed E-state index contributed by atoms with van der Waals surface area (Å²) in [5.74, 6) is 1.32. The van der Waals surface area contributed by atoms with Crippen molar-refractivity contribution in [2.45, 2.75) is 31.8 Å². The van der Waals surface area contributed by atoms with Gasteiger partial charge in [0.25, 0.3) is 5.91 Å². The molecule has 2 atom stereocenters. The maximum atomic E-state index is 12.4. The van der Waals surface area contributed by atoms with E-state index >= 15 is 0 Å². The summed E-state index contributed by atoms with van der Waals surface area (Å²) in [6.07, 6.45) is 5.28. The molecule has 0 aliphatic heterocycles. The van der Waals surface area contributed by atoms with Crippen LogP contribution in [0.25, 0.3) is 22.6 Å². The van der Waals surface area contributed by atoms with E-state index in [0.717, 1.165) is 36.7 Å². The minimum absolute atomic E-state index is 0.131. The van der Waals surface area contributed by atoms with Crippen molar-refractivity contribution in [3.05, 3.63) is 42.2 Å². The first-order chi connectivity index (χ1) is 12.2. The van der Waals surface area contributed by atoms with E-state index in [-0.39, 0.29) is 17.9 Å². The average molecular weight is 339 g/mol. The third kappa shape index (κ3) is 3.30. The molecule has 0 saturated heterocycles. The first-order valence-corrected chi connectivity index (χ1v) is 8.70. The van der Waals surface area contributed by atoms with Crippen molar-refractivity contribution >= 4 is 16.9 Å². The zero-order valence-corrected chi connectivity index (χ0v) is 13.9. The molecular weight excluding hydrogens is 318 g/mol. The van der Waals surface area contributed by atoms with Gasteiger partial charge in [0.2, 0.25) is 0 Å². The van der Waals surface area contributed by atoms with Gasteiger partial charge in [-0.15, -0.1) is 0 Å². The lowest BCUT2D eigenvalue weighted by Crippen LogP contribution is -2.36. The van der Waals surface area contributed by atoms with E-state index in [4.69, 9.17) is 4.42 Å². The molecule has 4 rings (SSSR count). The normalized spacial score (nSPS) is 20.7. The molecule has 0 radical (unpaired) electrons. The van der Waals surface area contributed by atoms with E-state index in [1.807, 2.05) is 12.1 Å². The number of imidazole rings is 1. The molecule has 130 valence electrons. The summed E-state index contributed by atoms with van der Waals surface area (Å²) in [5, 5.41) is 13.0. The van der Waals surface area contributed by atoms with Crippen LogP contribution in [0.4, 0.5) is 0 Å². The summed E-state index contributed by atoms with van der Waals surface area (Å²) >= 11 is 0. The van der Waals surface area contributed by atoms with Gasteiger partial charge in [-0.1, -0.05) is 12.8 Å². The molecule has 6 heteroatoms. The number of H-pyrrole nitrogens is 1. The first kappa shape index (κ1) is 15.9. The molecular formula is C19H21N3O3. The van der Waals surface area contributed by atoms with Crippen LogP contribution in [0.3, 0.4) is 0 Å². The number of rotatable bonds is 4. The first-order valence-electron chi connectivity index (χ1n) is 8.70. The smallest absolute Gasteiger partial charge is 0.251 e. The monoisotopic (exact) mass is 339 g/mol. The van der Waals surface area contributed by atoms with Gasteiger partial charge in [0.1, 0.15) is 0 Å². The van der Waals surface area contributed by atoms with Crippen molar-refractivity contribution < 1.29 is 14.3 Å². The number of carbonyl (C=O) groups excluding carboxylic acids is 1. The third-order valence-corrected chi connectivity index (χ3v) is 4.89. The Morgan fingerprint density at radius 3 is 3.00 bits per heavy atom. The maximum absolute atomic E-state index is 12.4. The Morgan fingerprint density at radius 2 is 2.20 bits per heavy atom. The van der Waals surface area contributed by atoms with Crippen LogP contribution in [0.15, 0.2) is 41.0 Å². The average Bonchev–Trinajstić information content (AvgIpc) is 3.29. The molecule has 25 heavy (non-hydrogen) atoms. The number of aromatic nitrogens is 2. The Balaban J connectivity index is 1.48. The summed E-state index contributed by atoms with van der Waals surface area (Å²) in [6.45, 7) is 0.513. The molecule has 0 bridgehead atoms. The number of aliphatic hydroxyl groups is 1. The summed E-state index contributed by atoms with van der Waals surface area (Å²) in [6, 6.07) is 9.02. The molecule has 1 aromatic carbocycles. The Morgan fingerprint density at radius 1 is 1.32 bits per heavy atom. The number of aromatic amines is 1. The Hall–Kier alpha value is -2.60. The number of nitrogens with zero attached hydrogens (tertiary/aromatic N) is 1. The van der Waals surface area contributed by atoms with Gasteiger partial charge in [-0.25, -0.2) is 4.98 Å². The zero-order valence-electron chi connectivity index (χ0n) is 13.9. The molecule has 1 fully saturated rings. The standard InChI is InChI=1S/C19H21N3O3/c23-16-5-2-1-4-13(16)11-20-19(24)12-7-8-14-15(10-12)22-18(21-14)17-6-3-9-25-17/h3,6-10,13,16,23H,1-2,4-5,11H2,(H,20,24)(H,21,22)/t13-,16-/m1/s1. The molecule has 2 heterocycles. The fourth-order valence-electron chi connectivity index (χ4n) is 3.43. The van der Waals surface area contributed by atoms with E-state index in [2.05, 4.69) is 15.3 Å². The minimum atomic E-state index is -0.306. The molecule has 0 spiro atoms. The van der Waals surface area contributed by atoms with E-state index in [9.17, 15) is 9.90 Å². The summed E-state index contributed by atoms with van der Waals surface area (Å²) in [4.78, 5) is 20.1. The highest BCUT2D eigenvalue weighted by atomic mass is 16.3. The molecule has 1 amide bonds. The van der Waals surface area contributed by atoms with Gasteiger partial charge in [0, 0.05) is 18.0 Å². The topological polar surface area (TPSA) is 91.2 Å². The number of nitrogens with one attached hydrogen (secondary N) is 2. The van der Waals surface area contributed by atoms with Crippen molar-refractivity contribution in [1.82, 2.24) is 15.3 Å². The molecule has 0 unspecified atom stereocenters. The van der Waals surface area contributed by atoms with Gasteiger partial charge in [-0.3, -0.25) is 4.79 Å². The van der Waals surface area contributed by atoms with Crippen LogP contribution in [0, 0.1) is 5.92 Å². The maximum Gasteiger partial charge on any atom is 0.251 e. The quantitative estimate of drug-likeness (QED) is 0.681. The minimum Gasteiger partial charge on any atom is -0.461 e. The summed E-state index contributed by atoms with van der Waals surface area (Å²) in [7, 11) is 0. The van der Waals surface area contributed by atoms with Crippen molar-refractivity contribution in [2.75, 3.05) is 6.54 Å². The second kappa shape index (κ2) is 6.72. The predicted octanol–water partition coefficient (Wildman–Crippen LogP) is 3.10. The van der Waals surface area contributed by atoms with Crippen LogP contribution < -0.4 is 5.32 Å². The molecule has 2 aromatic heterocycles. The van der Waals surface area contributed by atoms with Gasteiger partial charge in [-0.05, 0) is 43.2 Å². The molecule has 3 aromatic rings. The van der Waals surface area contributed by atoms with Crippen molar-refractivity contribution in [1.29, 1.82) is 0 Å². The number of hydrogen-bond donors (Lipinski definition) is 3. The largest absolute Gasteiger partial charge is 0.461 e. The highest BCUT2D eigenvalue weighted by Crippen LogP contribution is 2.24. The van der Waals surface area contributed by atoms with Crippen molar-refractivity contribution in [3.63, 3.8) is 0 Å². The van der Waals surface area contributed by atoms with Gasteiger partial charge < -0.3 is 19.8 Å². The molecule has 1 saturated carbocycles. The van der Waals surface area contributed by atoms with E-state index < -0.39 is 0 Å². The number of amides is 1. The van der Waals surface area contributed by atoms with Gasteiger partial charge in [0.15, 0.2) is 11.6 Å². The van der Waals surface area contributed by atoms with Crippen LogP contribution in [0.5, 0.6) is 0 Å². The lowest BCUT2D eigenvalue weighted by atomic mass is 9.86. The number of aliphatic hydroxyl groups excluding tert-OH is 1. The Bertz CT molecular complexity index is 869. The molecule has 1 aliphatic rings. The van der Waals surface area contributed by atoms with Crippen LogP contribution in [-0.4, -0.2) is 33.6 Å². The fourth-order valence-corrected chi connectivity index (χ4v) is 3.43. The molecule has 3 N–H and O–H groups in total. The van der Waals surface area contributed by atoms with Crippen molar-refractivity contribution in [2.24, 2.45) is 5.92 Å². The highest BCUT2D eigenvalue weighted by molar-refractivity contribution is 5.97. The van der Waals surface area contributed by atoms with Gasteiger partial charge >= 0.3 is 0 Å². The SMILES string of the molecule is O=C(NC[C@H]1CCCC[C@H]1O)c1ccc2nc(-c3ccco3)[nH]c2c1.